The molecule has 2 heterocycles. The van der Waals surface area contributed by atoms with Gasteiger partial charge in [-0.3, -0.25) is 0 Å². The van der Waals surface area contributed by atoms with Crippen molar-refractivity contribution in [2.24, 2.45) is 0 Å². The molecule has 310 valence electrons. The number of hydrogen-bond acceptors (Lipinski definition) is 4. The average Bonchev–Trinajstić information content (AvgIpc) is 3.79. The van der Waals surface area contributed by atoms with Gasteiger partial charge in [0.25, 0.3) is 0 Å². The highest BCUT2D eigenvalue weighted by molar-refractivity contribution is 7.19. The number of aromatic nitrogens is 3. The Bertz CT molecular complexity index is 3580. The first kappa shape index (κ1) is 39.1. The molecule has 0 N–H and O–H groups in total. The van der Waals surface area contributed by atoms with E-state index in [4.69, 9.17) is 19.4 Å². The molecule has 0 spiro atoms. The zero-order valence-electron chi connectivity index (χ0n) is 35.9. The maximum atomic E-state index is 6.56. The zero-order chi connectivity index (χ0) is 43.9. The molecule has 12 rings (SSSR count). The van der Waals surface area contributed by atoms with Crippen LogP contribution in [-0.2, 0) is 0 Å². The Morgan fingerprint density at radius 2 is 0.697 bits per heavy atom. The van der Waals surface area contributed by atoms with Crippen molar-refractivity contribution in [2.75, 3.05) is 0 Å². The monoisotopic (exact) mass is 859 g/mol. The number of hydrogen-bond donors (Lipinski definition) is 0. The maximum Gasteiger partial charge on any atom is 0.179 e. The van der Waals surface area contributed by atoms with Crippen LogP contribution in [0.5, 0.6) is 0 Å². The summed E-state index contributed by atoms with van der Waals surface area (Å²) in [6, 6.07) is 88.5. The van der Waals surface area contributed by atoms with Gasteiger partial charge in [0, 0.05) is 27.5 Å². The van der Waals surface area contributed by atoms with Crippen molar-refractivity contribution in [3.05, 3.63) is 249 Å². The van der Waals surface area contributed by atoms with Gasteiger partial charge >= 0.3 is 0 Å². The maximum absolute atomic E-state index is 6.56. The standard InChI is InChI=1S/C61H41N3OSi/c1-6-20-42(21-7-1)45-40-55(58-54-32-18-19-33-56(54)65-57(58)41-45)52-38-39-53(51-31-17-16-30-50(51)52)61-63-59(43-22-8-2-9-23-43)62-60(64-61)44-34-36-49(37-35-44)66(46-24-10-3-11-25-46,47-26-12-4-13-27-47)48-28-14-5-15-29-48/h1-41H. The Labute approximate surface area is 384 Å². The van der Waals surface area contributed by atoms with Crippen molar-refractivity contribution >= 4 is 61.5 Å². The fourth-order valence-corrected chi connectivity index (χ4v) is 14.6. The summed E-state index contributed by atoms with van der Waals surface area (Å²) < 4.78 is 6.56. The SMILES string of the molecule is c1ccc(-c2cc(-c3ccc(-c4nc(-c5ccccc5)nc(-c5ccc([Si](c6ccccc6)(c6ccccc6)c6ccccc6)cc5)n4)c4ccccc34)c3c(c2)oc2ccccc23)cc1. The van der Waals surface area contributed by atoms with Gasteiger partial charge in [0.2, 0.25) is 0 Å². The lowest BCUT2D eigenvalue weighted by atomic mass is 9.90. The Hall–Kier alpha value is -8.51. The smallest absolute Gasteiger partial charge is 0.179 e. The largest absolute Gasteiger partial charge is 0.456 e. The van der Waals surface area contributed by atoms with Gasteiger partial charge in [-0.2, -0.15) is 0 Å². The van der Waals surface area contributed by atoms with Gasteiger partial charge in [-0.15, -0.1) is 0 Å². The Balaban J connectivity index is 1.04. The third kappa shape index (κ3) is 6.73. The molecule has 0 aliphatic carbocycles. The number of nitrogens with zero attached hydrogens (tertiary/aromatic N) is 3. The molecule has 10 aromatic carbocycles. The molecule has 12 aromatic rings. The van der Waals surface area contributed by atoms with Crippen molar-refractivity contribution in [2.45, 2.75) is 0 Å². The van der Waals surface area contributed by atoms with Gasteiger partial charge in [-0.05, 0) is 78.0 Å². The Kier molecular flexibility index (Phi) is 9.81. The zero-order valence-corrected chi connectivity index (χ0v) is 36.9. The molecule has 2 aromatic heterocycles. The molecule has 0 saturated carbocycles. The van der Waals surface area contributed by atoms with Crippen LogP contribution in [0.15, 0.2) is 253 Å². The first-order valence-corrected chi connectivity index (χ1v) is 24.3. The van der Waals surface area contributed by atoms with E-state index in [1.807, 2.05) is 30.3 Å². The third-order valence-electron chi connectivity index (χ3n) is 12.9. The third-order valence-corrected chi connectivity index (χ3v) is 17.7. The molecule has 0 bridgehead atoms. The summed E-state index contributed by atoms with van der Waals surface area (Å²) >= 11 is 0. The van der Waals surface area contributed by atoms with E-state index in [0.29, 0.717) is 17.5 Å². The number of benzene rings is 10. The summed E-state index contributed by atoms with van der Waals surface area (Å²) in [5.74, 6) is 1.85. The van der Waals surface area contributed by atoms with Crippen molar-refractivity contribution in [1.29, 1.82) is 0 Å². The number of rotatable bonds is 9. The van der Waals surface area contributed by atoms with Crippen molar-refractivity contribution in [3.8, 4) is 56.4 Å². The van der Waals surface area contributed by atoms with Gasteiger partial charge in [0.05, 0.1) is 0 Å². The second-order valence-corrected chi connectivity index (χ2v) is 20.5. The molecule has 0 saturated heterocycles. The van der Waals surface area contributed by atoms with Crippen LogP contribution in [0.2, 0.25) is 0 Å². The molecule has 0 unspecified atom stereocenters. The molecular formula is C61H41N3OSi. The minimum absolute atomic E-state index is 0.615. The normalized spacial score (nSPS) is 11.6. The van der Waals surface area contributed by atoms with E-state index in [1.165, 1.54) is 20.7 Å². The molecule has 0 aliphatic rings. The summed E-state index contributed by atoms with van der Waals surface area (Å²) in [5.41, 5.74) is 8.96. The molecule has 0 fully saturated rings. The molecule has 0 amide bonds. The van der Waals surface area contributed by atoms with E-state index in [1.54, 1.807) is 0 Å². The minimum Gasteiger partial charge on any atom is -0.456 e. The van der Waals surface area contributed by atoms with E-state index in [-0.39, 0.29) is 0 Å². The Morgan fingerprint density at radius 1 is 0.273 bits per heavy atom. The fraction of sp³-hybridized carbons (Fsp3) is 0. The predicted molar refractivity (Wildman–Crippen MR) is 275 cm³/mol. The van der Waals surface area contributed by atoms with E-state index in [9.17, 15) is 0 Å². The van der Waals surface area contributed by atoms with E-state index in [2.05, 4.69) is 218 Å². The minimum atomic E-state index is -2.73. The lowest BCUT2D eigenvalue weighted by Gasteiger charge is -2.34. The Morgan fingerprint density at radius 3 is 1.27 bits per heavy atom. The molecule has 4 nitrogen and oxygen atoms in total. The second-order valence-electron chi connectivity index (χ2n) is 16.7. The number of para-hydroxylation sites is 1. The quantitative estimate of drug-likeness (QED) is 0.107. The van der Waals surface area contributed by atoms with Crippen LogP contribution in [0.1, 0.15) is 0 Å². The molecular weight excluding hydrogens is 819 g/mol. The van der Waals surface area contributed by atoms with E-state index < -0.39 is 8.07 Å². The molecule has 0 aliphatic heterocycles. The van der Waals surface area contributed by atoms with Crippen LogP contribution in [-0.4, -0.2) is 23.0 Å². The van der Waals surface area contributed by atoms with E-state index in [0.717, 1.165) is 71.7 Å². The first-order valence-electron chi connectivity index (χ1n) is 22.3. The molecule has 5 heteroatoms. The van der Waals surface area contributed by atoms with Crippen LogP contribution in [0, 0.1) is 0 Å². The summed E-state index contributed by atoms with van der Waals surface area (Å²) in [6.07, 6.45) is 0. The highest BCUT2D eigenvalue weighted by Gasteiger charge is 2.41. The van der Waals surface area contributed by atoms with Crippen LogP contribution >= 0.6 is 0 Å². The summed E-state index contributed by atoms with van der Waals surface area (Å²) in [6.45, 7) is 0. The van der Waals surface area contributed by atoms with Crippen LogP contribution < -0.4 is 20.7 Å². The van der Waals surface area contributed by atoms with Crippen LogP contribution in [0.25, 0.3) is 89.1 Å². The summed E-state index contributed by atoms with van der Waals surface area (Å²) in [7, 11) is -2.73. The fourth-order valence-electron chi connectivity index (χ4n) is 9.87. The highest BCUT2D eigenvalue weighted by atomic mass is 28.3. The average molecular weight is 860 g/mol. The van der Waals surface area contributed by atoms with Gasteiger partial charge in [0.1, 0.15) is 11.2 Å². The van der Waals surface area contributed by atoms with E-state index >= 15 is 0 Å². The highest BCUT2D eigenvalue weighted by Crippen LogP contribution is 2.43. The molecule has 66 heavy (non-hydrogen) atoms. The van der Waals surface area contributed by atoms with Crippen molar-refractivity contribution in [3.63, 3.8) is 0 Å². The number of fused-ring (bicyclic) bond motifs is 4. The van der Waals surface area contributed by atoms with Crippen LogP contribution in [0.3, 0.4) is 0 Å². The van der Waals surface area contributed by atoms with Crippen molar-refractivity contribution in [1.82, 2.24) is 15.0 Å². The predicted octanol–water partition coefficient (Wildman–Crippen LogP) is 12.6. The lowest BCUT2D eigenvalue weighted by molar-refractivity contribution is 0.669. The molecule has 0 radical (unpaired) electrons. The van der Waals surface area contributed by atoms with Gasteiger partial charge in [0.15, 0.2) is 25.5 Å². The topological polar surface area (TPSA) is 51.8 Å². The second kappa shape index (κ2) is 16.6. The van der Waals surface area contributed by atoms with Gasteiger partial charge in [-0.1, -0.05) is 224 Å². The van der Waals surface area contributed by atoms with Crippen LogP contribution in [0.4, 0.5) is 0 Å². The van der Waals surface area contributed by atoms with Gasteiger partial charge in [-0.25, -0.2) is 15.0 Å². The number of furan rings is 1. The van der Waals surface area contributed by atoms with Crippen molar-refractivity contribution < 1.29 is 4.42 Å². The summed E-state index contributed by atoms with van der Waals surface area (Å²) in [5, 5.41) is 9.60. The van der Waals surface area contributed by atoms with Gasteiger partial charge < -0.3 is 4.42 Å². The lowest BCUT2D eigenvalue weighted by Crippen LogP contribution is -2.74. The summed E-state index contributed by atoms with van der Waals surface area (Å²) in [4.78, 5) is 15.7. The molecule has 0 atom stereocenters. The first-order chi connectivity index (χ1) is 32.7.